The molecule has 2 atom stereocenters. The fourth-order valence-corrected chi connectivity index (χ4v) is 3.86. The molecule has 0 aromatic carbocycles. The highest BCUT2D eigenvalue weighted by Gasteiger charge is 2.38. The van der Waals surface area contributed by atoms with Gasteiger partial charge in [-0.1, -0.05) is 0 Å². The zero-order valence-corrected chi connectivity index (χ0v) is 19.4. The molecule has 1 fully saturated rings. The summed E-state index contributed by atoms with van der Waals surface area (Å²) in [5, 5.41) is 11.1. The Labute approximate surface area is 188 Å². The number of carboxylic acid groups (broad SMARTS) is 1. The molecule has 1 aromatic rings. The zero-order valence-electron chi connectivity index (χ0n) is 18.6. The summed E-state index contributed by atoms with van der Waals surface area (Å²) < 4.78 is 80.3. The van der Waals surface area contributed by atoms with E-state index >= 15 is 0 Å². The number of hydrogen-bond acceptors (Lipinski definition) is 7. The summed E-state index contributed by atoms with van der Waals surface area (Å²) in [6.45, 7) is 5.12. The van der Waals surface area contributed by atoms with Gasteiger partial charge in [0, 0.05) is 25.8 Å². The number of nitrogens with zero attached hydrogens (tertiary/aromatic N) is 4. The van der Waals surface area contributed by atoms with Crippen molar-refractivity contribution < 1.29 is 45.4 Å². The van der Waals surface area contributed by atoms with Crippen LogP contribution in [0.5, 0.6) is 0 Å². The lowest BCUT2D eigenvalue weighted by molar-refractivity contribution is -0.192. The number of alkyl halides is 4. The van der Waals surface area contributed by atoms with E-state index < -0.39 is 40.2 Å². The van der Waals surface area contributed by atoms with Gasteiger partial charge in [0.25, 0.3) is 0 Å². The molecular weight excluding hydrogens is 478 g/mol. The first kappa shape index (κ1) is 28.4. The Morgan fingerprint density at radius 3 is 2.21 bits per heavy atom. The van der Waals surface area contributed by atoms with Crippen LogP contribution in [0.3, 0.4) is 0 Å². The molecule has 1 saturated heterocycles. The van der Waals surface area contributed by atoms with Crippen LogP contribution in [-0.2, 0) is 26.8 Å². The van der Waals surface area contributed by atoms with Crippen LogP contribution in [0.15, 0.2) is 12.4 Å². The number of aromatic nitrogens is 2. The molecule has 0 unspecified atom stereocenters. The van der Waals surface area contributed by atoms with Crippen molar-refractivity contribution in [3.8, 4) is 0 Å². The molecular formula is C17H27F4N5O6S. The van der Waals surface area contributed by atoms with Crippen molar-refractivity contribution in [1.82, 2.24) is 19.4 Å². The second kappa shape index (κ2) is 10.5. The molecule has 33 heavy (non-hydrogen) atoms. The highest BCUT2D eigenvalue weighted by atomic mass is 32.2. The topological polar surface area (TPSA) is 134 Å². The number of hydrogen-bond donors (Lipinski definition) is 2. The monoisotopic (exact) mass is 505 g/mol. The molecule has 2 heterocycles. The third kappa shape index (κ3) is 9.41. The lowest BCUT2D eigenvalue weighted by Crippen LogP contribution is -2.49. The number of aliphatic carboxylic acids is 1. The van der Waals surface area contributed by atoms with E-state index in [4.69, 9.17) is 14.6 Å². The number of aryl methyl sites for hydroxylation is 1. The highest BCUT2D eigenvalue weighted by molar-refractivity contribution is 7.91. The van der Waals surface area contributed by atoms with Gasteiger partial charge in [-0.05, 0) is 34.2 Å². The summed E-state index contributed by atoms with van der Waals surface area (Å²) in [7, 11) is -0.872. The Kier molecular flexibility index (Phi) is 9.08. The molecule has 16 heteroatoms. The van der Waals surface area contributed by atoms with Crippen molar-refractivity contribution in [3.63, 3.8) is 0 Å². The van der Waals surface area contributed by atoms with Gasteiger partial charge in [-0.15, -0.1) is 0 Å². The number of carbonyl (C=O) groups is 2. The van der Waals surface area contributed by atoms with Crippen molar-refractivity contribution in [2.45, 2.75) is 51.2 Å². The summed E-state index contributed by atoms with van der Waals surface area (Å²) >= 11 is 0. The van der Waals surface area contributed by atoms with Gasteiger partial charge in [-0.25, -0.2) is 23.0 Å². The van der Waals surface area contributed by atoms with E-state index in [1.807, 2.05) is 4.72 Å². The standard InChI is InChI=1S/C15H26FN5O4S.C2HF3O2/c1-15(2,3)25-14(22)18-26(23,24)21(13-7-17-20(5)9-13)10-12-6-11(16)8-19(12)4;3-2(4,5)1(6)7/h7,9,11-12H,6,8,10H2,1-5H3,(H,18,22);(H,6,7)/t11-,12+;/m1./s1. The maximum atomic E-state index is 13.7. The van der Waals surface area contributed by atoms with Gasteiger partial charge < -0.3 is 9.84 Å². The SMILES string of the molecule is CN1C[C@H](F)C[C@H]1CN(c1cnn(C)c1)S(=O)(=O)NC(=O)OC(C)(C)C.O=C(O)C(F)(F)F. The minimum atomic E-state index is -5.08. The predicted octanol–water partition coefficient (Wildman–Crippen LogP) is 1.67. The highest BCUT2D eigenvalue weighted by Crippen LogP contribution is 2.24. The van der Waals surface area contributed by atoms with Crippen molar-refractivity contribution >= 4 is 28.0 Å². The minimum Gasteiger partial charge on any atom is -0.475 e. The smallest absolute Gasteiger partial charge is 0.475 e. The second-order valence-corrected chi connectivity index (χ2v) is 9.84. The molecule has 1 aliphatic rings. The van der Waals surface area contributed by atoms with E-state index in [0.29, 0.717) is 0 Å². The van der Waals surface area contributed by atoms with E-state index in [9.17, 15) is 30.8 Å². The first-order valence-electron chi connectivity index (χ1n) is 9.48. The number of nitrogens with one attached hydrogen (secondary N) is 1. The third-order valence-corrected chi connectivity index (χ3v) is 5.50. The molecule has 1 amide bonds. The van der Waals surface area contributed by atoms with Crippen molar-refractivity contribution in [2.75, 3.05) is 24.4 Å². The van der Waals surface area contributed by atoms with Crippen LogP contribution in [0.25, 0.3) is 0 Å². The number of carbonyl (C=O) groups excluding carboxylic acids is 1. The molecule has 0 saturated carbocycles. The Morgan fingerprint density at radius 1 is 1.30 bits per heavy atom. The first-order valence-corrected chi connectivity index (χ1v) is 10.9. The normalized spacial score (nSPS) is 19.4. The lowest BCUT2D eigenvalue weighted by Gasteiger charge is -2.29. The molecule has 190 valence electrons. The average molecular weight is 505 g/mol. The maximum Gasteiger partial charge on any atom is 0.490 e. The van der Waals surface area contributed by atoms with Crippen LogP contribution in [0, 0.1) is 0 Å². The predicted molar refractivity (Wildman–Crippen MR) is 108 cm³/mol. The number of anilines is 1. The number of rotatable bonds is 5. The number of halogens is 4. The van der Waals surface area contributed by atoms with Gasteiger partial charge in [-0.2, -0.15) is 26.7 Å². The van der Waals surface area contributed by atoms with Gasteiger partial charge in [0.15, 0.2) is 0 Å². The fraction of sp³-hybridized carbons (Fsp3) is 0.706. The Balaban J connectivity index is 0.000000675. The van der Waals surface area contributed by atoms with Crippen LogP contribution < -0.4 is 9.03 Å². The number of likely N-dealkylation sites (N-methyl/N-ethyl adjacent to an activating group) is 1. The summed E-state index contributed by atoms with van der Waals surface area (Å²) in [5.41, 5.74) is -0.564. The number of likely N-dealkylation sites (tertiary alicyclic amines) is 1. The van der Waals surface area contributed by atoms with Gasteiger partial charge in [0.1, 0.15) is 11.8 Å². The number of carboxylic acids is 1. The van der Waals surface area contributed by atoms with Gasteiger partial charge in [0.05, 0.1) is 18.4 Å². The number of amides is 1. The third-order valence-electron chi connectivity index (χ3n) is 4.14. The molecule has 11 nitrogen and oxygen atoms in total. The van der Waals surface area contributed by atoms with Gasteiger partial charge >= 0.3 is 28.4 Å². The Hall–Kier alpha value is -2.62. The second-order valence-electron chi connectivity index (χ2n) is 8.24. The number of ether oxygens (including phenoxy) is 1. The fourth-order valence-electron chi connectivity index (χ4n) is 2.76. The molecule has 2 N–H and O–H groups in total. The van der Waals surface area contributed by atoms with Crippen LogP contribution in [0.2, 0.25) is 0 Å². The molecule has 1 aliphatic heterocycles. The van der Waals surface area contributed by atoms with E-state index in [1.54, 1.807) is 39.8 Å². The lowest BCUT2D eigenvalue weighted by atomic mass is 10.2. The minimum absolute atomic E-state index is 0.0132. The first-order chi connectivity index (χ1) is 14.8. The molecule has 2 rings (SSSR count). The molecule has 1 aromatic heterocycles. The quantitative estimate of drug-likeness (QED) is 0.578. The summed E-state index contributed by atoms with van der Waals surface area (Å²) in [6, 6.07) is -0.319. The van der Waals surface area contributed by atoms with E-state index in [1.165, 1.54) is 17.1 Å². The van der Waals surface area contributed by atoms with Gasteiger partial charge in [0.2, 0.25) is 0 Å². The zero-order chi connectivity index (χ0) is 25.8. The van der Waals surface area contributed by atoms with E-state index in [2.05, 4.69) is 5.10 Å². The molecule has 0 aliphatic carbocycles. The van der Waals surface area contributed by atoms with Crippen LogP contribution in [-0.4, -0.2) is 84.4 Å². The largest absolute Gasteiger partial charge is 0.490 e. The summed E-state index contributed by atoms with van der Waals surface area (Å²) in [6.07, 6.45) is -4.07. The summed E-state index contributed by atoms with van der Waals surface area (Å²) in [4.78, 5) is 22.6. The molecule has 0 spiro atoms. The Bertz CT molecular complexity index is 931. The summed E-state index contributed by atoms with van der Waals surface area (Å²) in [5.74, 6) is -2.76. The van der Waals surface area contributed by atoms with Crippen molar-refractivity contribution in [3.05, 3.63) is 12.4 Å². The van der Waals surface area contributed by atoms with Crippen LogP contribution >= 0.6 is 0 Å². The van der Waals surface area contributed by atoms with E-state index in [0.717, 1.165) is 4.31 Å². The Morgan fingerprint density at radius 2 is 1.85 bits per heavy atom. The van der Waals surface area contributed by atoms with Crippen molar-refractivity contribution in [2.24, 2.45) is 7.05 Å². The molecule has 0 bridgehead atoms. The average Bonchev–Trinajstić information content (AvgIpc) is 3.14. The van der Waals surface area contributed by atoms with Gasteiger partial charge in [-0.3, -0.25) is 9.58 Å². The van der Waals surface area contributed by atoms with E-state index in [-0.39, 0.29) is 31.2 Å². The maximum absolute atomic E-state index is 13.7. The van der Waals surface area contributed by atoms with Crippen LogP contribution in [0.1, 0.15) is 27.2 Å². The molecule has 0 radical (unpaired) electrons. The van der Waals surface area contributed by atoms with Crippen LogP contribution in [0.4, 0.5) is 28.0 Å². The van der Waals surface area contributed by atoms with Crippen molar-refractivity contribution in [1.29, 1.82) is 0 Å².